The zero-order valence-electron chi connectivity index (χ0n) is 8.70. The molecule has 0 radical (unpaired) electrons. The minimum atomic E-state index is -0.184. The Morgan fingerprint density at radius 3 is 2.79 bits per heavy atom. The van der Waals surface area contributed by atoms with Crippen molar-refractivity contribution < 1.29 is 9.59 Å². The van der Waals surface area contributed by atoms with Gasteiger partial charge in [0.15, 0.2) is 0 Å². The van der Waals surface area contributed by atoms with E-state index in [4.69, 9.17) is 0 Å². The number of carbonyl (C=O) groups excluding carboxylic acids is 2. The predicted molar refractivity (Wildman–Crippen MR) is 52.7 cm³/mol. The van der Waals surface area contributed by atoms with Crippen molar-refractivity contribution in [1.29, 1.82) is 0 Å². The second-order valence-electron chi connectivity index (χ2n) is 3.49. The number of hydrogen-bond donors (Lipinski definition) is 1. The largest absolute Gasteiger partial charge is 0.336 e. The maximum Gasteiger partial charge on any atom is 0.251 e. The Bertz CT molecular complexity index is 286. The number of guanidine groups is 1. The Morgan fingerprint density at radius 1 is 1.71 bits per heavy atom. The van der Waals surface area contributed by atoms with Crippen LogP contribution in [-0.2, 0) is 9.59 Å². The quantitative estimate of drug-likeness (QED) is 0.676. The molecule has 0 saturated carbocycles. The summed E-state index contributed by atoms with van der Waals surface area (Å²) in [5.74, 6) is -0.0338. The molecule has 1 rings (SSSR count). The van der Waals surface area contributed by atoms with Gasteiger partial charge < -0.3 is 4.90 Å². The molecule has 2 amide bonds. The fraction of sp³-hybridized carbons (Fsp3) is 0.667. The van der Waals surface area contributed by atoms with E-state index in [-0.39, 0.29) is 24.3 Å². The van der Waals surface area contributed by atoms with Gasteiger partial charge in [-0.25, -0.2) is 0 Å². The average Bonchev–Trinajstić information content (AvgIpc) is 2.44. The monoisotopic (exact) mass is 197 g/mol. The van der Waals surface area contributed by atoms with E-state index in [1.54, 1.807) is 11.9 Å². The molecule has 78 valence electrons. The van der Waals surface area contributed by atoms with E-state index < -0.39 is 0 Å². The number of amides is 2. The Kier molecular flexibility index (Phi) is 3.22. The zero-order valence-corrected chi connectivity index (χ0v) is 8.70. The van der Waals surface area contributed by atoms with E-state index in [2.05, 4.69) is 10.3 Å². The zero-order chi connectivity index (χ0) is 10.7. The van der Waals surface area contributed by atoms with Crippen molar-refractivity contribution in [1.82, 2.24) is 10.2 Å². The van der Waals surface area contributed by atoms with Crippen molar-refractivity contribution in [3.63, 3.8) is 0 Å². The van der Waals surface area contributed by atoms with Gasteiger partial charge in [-0.1, -0.05) is 13.8 Å². The van der Waals surface area contributed by atoms with Crippen LogP contribution in [0.3, 0.4) is 0 Å². The fourth-order valence-electron chi connectivity index (χ4n) is 1.05. The molecular formula is C9H15N3O2. The van der Waals surface area contributed by atoms with Gasteiger partial charge in [-0.3, -0.25) is 14.9 Å². The van der Waals surface area contributed by atoms with Gasteiger partial charge in [0.2, 0.25) is 11.9 Å². The van der Waals surface area contributed by atoms with Crippen LogP contribution in [-0.4, -0.2) is 36.3 Å². The number of hydrogen-bond acceptors (Lipinski definition) is 2. The van der Waals surface area contributed by atoms with Gasteiger partial charge in [0.25, 0.3) is 5.91 Å². The molecule has 5 heteroatoms. The third kappa shape index (κ3) is 2.31. The topological polar surface area (TPSA) is 61.8 Å². The number of carbonyl (C=O) groups is 2. The van der Waals surface area contributed by atoms with Crippen molar-refractivity contribution in [2.45, 2.75) is 20.3 Å². The lowest BCUT2D eigenvalue weighted by Gasteiger charge is -2.09. The molecule has 0 bridgehead atoms. The van der Waals surface area contributed by atoms with Crippen LogP contribution >= 0.6 is 0 Å². The maximum atomic E-state index is 11.4. The molecule has 1 saturated heterocycles. The first-order valence-corrected chi connectivity index (χ1v) is 4.68. The summed E-state index contributed by atoms with van der Waals surface area (Å²) >= 11 is 0. The van der Waals surface area contributed by atoms with Crippen LogP contribution in [0.15, 0.2) is 4.99 Å². The summed E-state index contributed by atoms with van der Waals surface area (Å²) in [7, 11) is 1.72. The van der Waals surface area contributed by atoms with Gasteiger partial charge in [0.1, 0.15) is 0 Å². The smallest absolute Gasteiger partial charge is 0.251 e. The van der Waals surface area contributed by atoms with Crippen LogP contribution in [0.5, 0.6) is 0 Å². The van der Waals surface area contributed by atoms with Crippen molar-refractivity contribution >= 4 is 17.8 Å². The number of nitrogens with zero attached hydrogens (tertiary/aromatic N) is 2. The van der Waals surface area contributed by atoms with E-state index in [9.17, 15) is 9.59 Å². The standard InChI is InChI=1S/C9H15N3O2/c1-4-6(2)8(14)11-9-10-7(13)5-12(9)3/h6H,4-5H2,1-3H3,(H,10,11,13,14). The summed E-state index contributed by atoms with van der Waals surface area (Å²) in [6.45, 7) is 4.02. The molecule has 1 N–H and O–H groups in total. The summed E-state index contributed by atoms with van der Waals surface area (Å²) in [5, 5.41) is 2.53. The van der Waals surface area contributed by atoms with Gasteiger partial charge >= 0.3 is 0 Å². The average molecular weight is 197 g/mol. The Balaban J connectivity index is 2.68. The maximum absolute atomic E-state index is 11.4. The summed E-state index contributed by atoms with van der Waals surface area (Å²) in [6, 6.07) is 0. The number of likely N-dealkylation sites (N-methyl/N-ethyl adjacent to an activating group) is 1. The molecule has 0 aliphatic carbocycles. The van der Waals surface area contributed by atoms with Crippen molar-refractivity contribution in [2.75, 3.05) is 13.6 Å². The summed E-state index contributed by atoms with van der Waals surface area (Å²) < 4.78 is 0. The first kappa shape index (κ1) is 10.7. The molecule has 0 aromatic carbocycles. The second-order valence-corrected chi connectivity index (χ2v) is 3.49. The third-order valence-electron chi connectivity index (χ3n) is 2.24. The molecule has 1 fully saturated rings. The van der Waals surface area contributed by atoms with Crippen LogP contribution in [0.25, 0.3) is 0 Å². The highest BCUT2D eigenvalue weighted by molar-refractivity contribution is 6.07. The van der Waals surface area contributed by atoms with Gasteiger partial charge in [-0.2, -0.15) is 4.99 Å². The van der Waals surface area contributed by atoms with E-state index in [0.717, 1.165) is 6.42 Å². The first-order chi connectivity index (χ1) is 6.54. The first-order valence-electron chi connectivity index (χ1n) is 4.68. The van der Waals surface area contributed by atoms with Crippen LogP contribution in [0, 0.1) is 5.92 Å². The summed E-state index contributed by atoms with van der Waals surface area (Å²) in [5.41, 5.74) is 0. The Hall–Kier alpha value is -1.39. The lowest BCUT2D eigenvalue weighted by Crippen LogP contribution is -2.29. The lowest BCUT2D eigenvalue weighted by atomic mass is 10.1. The number of aliphatic imine (C=N–C) groups is 1. The summed E-state index contributed by atoms with van der Waals surface area (Å²) in [6.07, 6.45) is 0.757. The molecule has 0 aromatic heterocycles. The second kappa shape index (κ2) is 4.21. The molecule has 1 heterocycles. The fourth-order valence-corrected chi connectivity index (χ4v) is 1.05. The van der Waals surface area contributed by atoms with Crippen molar-refractivity contribution in [2.24, 2.45) is 10.9 Å². The molecular weight excluding hydrogens is 182 g/mol. The lowest BCUT2D eigenvalue weighted by molar-refractivity contribution is -0.121. The summed E-state index contributed by atoms with van der Waals surface area (Å²) in [4.78, 5) is 27.8. The van der Waals surface area contributed by atoms with Crippen LogP contribution in [0.1, 0.15) is 20.3 Å². The molecule has 0 spiro atoms. The normalized spacial score (nSPS) is 21.2. The molecule has 1 unspecified atom stereocenters. The van der Waals surface area contributed by atoms with Crippen molar-refractivity contribution in [3.8, 4) is 0 Å². The SMILES string of the molecule is CCC(C)C(=O)N=C1NC(=O)CN1C. The van der Waals surface area contributed by atoms with E-state index in [1.807, 2.05) is 13.8 Å². The Morgan fingerprint density at radius 2 is 2.36 bits per heavy atom. The van der Waals surface area contributed by atoms with Crippen LogP contribution < -0.4 is 5.32 Å². The van der Waals surface area contributed by atoms with Crippen LogP contribution in [0.2, 0.25) is 0 Å². The minimum Gasteiger partial charge on any atom is -0.336 e. The molecule has 1 aliphatic rings. The van der Waals surface area contributed by atoms with E-state index >= 15 is 0 Å². The minimum absolute atomic E-state index is 0.0894. The molecule has 1 atom stereocenters. The van der Waals surface area contributed by atoms with Crippen LogP contribution in [0.4, 0.5) is 0 Å². The van der Waals surface area contributed by atoms with E-state index in [1.165, 1.54) is 0 Å². The highest BCUT2D eigenvalue weighted by atomic mass is 16.2. The Labute approximate surface area is 83.2 Å². The van der Waals surface area contributed by atoms with E-state index in [0.29, 0.717) is 5.96 Å². The molecule has 5 nitrogen and oxygen atoms in total. The highest BCUT2D eigenvalue weighted by Crippen LogP contribution is 2.04. The molecule has 14 heavy (non-hydrogen) atoms. The highest BCUT2D eigenvalue weighted by Gasteiger charge is 2.23. The van der Waals surface area contributed by atoms with Gasteiger partial charge in [0.05, 0.1) is 6.54 Å². The van der Waals surface area contributed by atoms with Crippen molar-refractivity contribution in [3.05, 3.63) is 0 Å². The molecule has 1 aliphatic heterocycles. The number of nitrogens with one attached hydrogen (secondary N) is 1. The van der Waals surface area contributed by atoms with Gasteiger partial charge in [-0.15, -0.1) is 0 Å². The van der Waals surface area contributed by atoms with Gasteiger partial charge in [0, 0.05) is 13.0 Å². The third-order valence-corrected chi connectivity index (χ3v) is 2.24. The molecule has 0 aromatic rings. The predicted octanol–water partition coefficient (Wildman–Crippen LogP) is -0.0233. The van der Waals surface area contributed by atoms with Gasteiger partial charge in [-0.05, 0) is 6.42 Å². The number of rotatable bonds is 2.